The topological polar surface area (TPSA) is 54.4 Å². The van der Waals surface area contributed by atoms with E-state index in [1.807, 2.05) is 0 Å². The predicted molar refractivity (Wildman–Crippen MR) is 54.1 cm³/mol. The number of rotatable bonds is 6. The largest absolute Gasteiger partial charge is 0.481 e. The molecule has 0 spiro atoms. The van der Waals surface area contributed by atoms with Gasteiger partial charge in [0.2, 0.25) is 0 Å². The summed E-state index contributed by atoms with van der Waals surface area (Å²) in [6.07, 6.45) is 0.902. The monoisotopic (exact) mass is 206 g/mol. The highest BCUT2D eigenvalue weighted by Crippen LogP contribution is 2.04. The second-order valence-electron chi connectivity index (χ2n) is 3.73. The van der Waals surface area contributed by atoms with Crippen molar-refractivity contribution in [2.45, 2.75) is 27.2 Å². The second kappa shape index (κ2) is 6.13. The van der Waals surface area contributed by atoms with E-state index in [1.54, 1.807) is 6.92 Å². The van der Waals surface area contributed by atoms with Crippen LogP contribution in [0, 0.1) is 11.8 Å². The molecular weight excluding hydrogens is 188 g/mol. The standard InChI is InChI=1S/C9H18O3S/c1-7(2)4-5-13(12)6-8(3)9(10)11/h7-8H,4-6H2,1-3H3,(H,10,11). The maximum absolute atomic E-state index is 11.3. The zero-order valence-electron chi connectivity index (χ0n) is 8.45. The van der Waals surface area contributed by atoms with Gasteiger partial charge in [-0.1, -0.05) is 20.8 Å². The van der Waals surface area contributed by atoms with E-state index in [0.29, 0.717) is 11.7 Å². The first-order valence-corrected chi connectivity index (χ1v) is 6.00. The van der Waals surface area contributed by atoms with Crippen LogP contribution in [0.3, 0.4) is 0 Å². The number of carbonyl (C=O) groups is 1. The Balaban J connectivity index is 3.68. The molecule has 1 N–H and O–H groups in total. The molecule has 0 bridgehead atoms. The normalized spacial score (nSPS) is 15.7. The maximum Gasteiger partial charge on any atom is 0.307 e. The summed E-state index contributed by atoms with van der Waals surface area (Å²) in [5, 5.41) is 8.57. The molecule has 0 aliphatic heterocycles. The van der Waals surface area contributed by atoms with Crippen molar-refractivity contribution in [1.82, 2.24) is 0 Å². The summed E-state index contributed by atoms with van der Waals surface area (Å²) in [5.41, 5.74) is 0. The molecule has 13 heavy (non-hydrogen) atoms. The molecule has 4 heteroatoms. The summed E-state index contributed by atoms with van der Waals surface area (Å²) in [6.45, 7) is 5.73. The molecule has 0 aliphatic carbocycles. The van der Waals surface area contributed by atoms with Gasteiger partial charge < -0.3 is 5.11 Å². The Kier molecular flexibility index (Phi) is 5.95. The van der Waals surface area contributed by atoms with Crippen molar-refractivity contribution in [3.63, 3.8) is 0 Å². The Morgan fingerprint density at radius 2 is 1.92 bits per heavy atom. The first kappa shape index (κ1) is 12.6. The van der Waals surface area contributed by atoms with Gasteiger partial charge in [0.25, 0.3) is 0 Å². The van der Waals surface area contributed by atoms with E-state index in [4.69, 9.17) is 5.11 Å². The summed E-state index contributed by atoms with van der Waals surface area (Å²) in [4.78, 5) is 10.4. The quantitative estimate of drug-likeness (QED) is 0.716. The van der Waals surface area contributed by atoms with Gasteiger partial charge in [-0.25, -0.2) is 0 Å². The first-order chi connectivity index (χ1) is 5.93. The fraction of sp³-hybridized carbons (Fsp3) is 0.889. The molecule has 2 atom stereocenters. The van der Waals surface area contributed by atoms with E-state index in [-0.39, 0.29) is 5.75 Å². The van der Waals surface area contributed by atoms with E-state index in [2.05, 4.69) is 13.8 Å². The van der Waals surface area contributed by atoms with Gasteiger partial charge in [0.15, 0.2) is 0 Å². The predicted octanol–water partition coefficient (Wildman–Crippen LogP) is 1.50. The lowest BCUT2D eigenvalue weighted by Crippen LogP contribution is -2.19. The fourth-order valence-electron chi connectivity index (χ4n) is 0.801. The highest BCUT2D eigenvalue weighted by Gasteiger charge is 2.14. The fourth-order valence-corrected chi connectivity index (χ4v) is 2.40. The van der Waals surface area contributed by atoms with Crippen LogP contribution in [0.25, 0.3) is 0 Å². The van der Waals surface area contributed by atoms with E-state index in [0.717, 1.165) is 6.42 Å². The second-order valence-corrected chi connectivity index (χ2v) is 5.35. The molecule has 0 saturated carbocycles. The van der Waals surface area contributed by atoms with Crippen molar-refractivity contribution < 1.29 is 14.1 Å². The van der Waals surface area contributed by atoms with Crippen LogP contribution in [0.15, 0.2) is 0 Å². The van der Waals surface area contributed by atoms with Crippen LogP contribution in [0.5, 0.6) is 0 Å². The molecule has 0 radical (unpaired) electrons. The lowest BCUT2D eigenvalue weighted by Gasteiger charge is -2.07. The number of carboxylic acids is 1. The Morgan fingerprint density at radius 1 is 1.38 bits per heavy atom. The van der Waals surface area contributed by atoms with Crippen LogP contribution >= 0.6 is 0 Å². The third-order valence-corrected chi connectivity index (χ3v) is 3.34. The summed E-state index contributed by atoms with van der Waals surface area (Å²) in [7, 11) is -0.972. The van der Waals surface area contributed by atoms with E-state index >= 15 is 0 Å². The Labute approximate surface area is 82.0 Å². The van der Waals surface area contributed by atoms with Gasteiger partial charge >= 0.3 is 5.97 Å². The maximum atomic E-state index is 11.3. The van der Waals surface area contributed by atoms with E-state index in [9.17, 15) is 9.00 Å². The minimum absolute atomic E-state index is 0.280. The summed E-state index contributed by atoms with van der Waals surface area (Å²) < 4.78 is 11.3. The third-order valence-electron chi connectivity index (χ3n) is 1.78. The Morgan fingerprint density at radius 3 is 2.31 bits per heavy atom. The molecular formula is C9H18O3S. The van der Waals surface area contributed by atoms with Crippen LogP contribution in [-0.4, -0.2) is 26.8 Å². The zero-order chi connectivity index (χ0) is 10.4. The van der Waals surface area contributed by atoms with Crippen molar-refractivity contribution in [2.24, 2.45) is 11.8 Å². The van der Waals surface area contributed by atoms with E-state index in [1.165, 1.54) is 0 Å². The molecule has 0 aromatic rings. The van der Waals surface area contributed by atoms with Crippen molar-refractivity contribution in [3.05, 3.63) is 0 Å². The van der Waals surface area contributed by atoms with Gasteiger partial charge in [0.05, 0.1) is 5.92 Å². The van der Waals surface area contributed by atoms with Gasteiger partial charge in [-0.05, 0) is 12.3 Å². The van der Waals surface area contributed by atoms with Gasteiger partial charge in [0.1, 0.15) is 0 Å². The Bertz CT molecular complexity index is 189. The molecule has 0 fully saturated rings. The number of hydrogen-bond acceptors (Lipinski definition) is 2. The minimum Gasteiger partial charge on any atom is -0.481 e. The molecule has 0 saturated heterocycles. The molecule has 0 rings (SSSR count). The van der Waals surface area contributed by atoms with Gasteiger partial charge in [-0.3, -0.25) is 9.00 Å². The number of hydrogen-bond donors (Lipinski definition) is 1. The third kappa shape index (κ3) is 6.75. The SMILES string of the molecule is CC(C)CCS(=O)CC(C)C(=O)O. The summed E-state index contributed by atoms with van der Waals surface area (Å²) >= 11 is 0. The van der Waals surface area contributed by atoms with Crippen LogP contribution in [0.2, 0.25) is 0 Å². The molecule has 0 aliphatic rings. The van der Waals surface area contributed by atoms with Crippen LogP contribution < -0.4 is 0 Å². The number of carboxylic acid groups (broad SMARTS) is 1. The summed E-state index contributed by atoms with van der Waals surface area (Å²) in [5.74, 6) is 0.0760. The van der Waals surface area contributed by atoms with Gasteiger partial charge in [-0.2, -0.15) is 0 Å². The van der Waals surface area contributed by atoms with E-state index < -0.39 is 22.7 Å². The van der Waals surface area contributed by atoms with Crippen molar-refractivity contribution in [1.29, 1.82) is 0 Å². The Hall–Kier alpha value is -0.380. The highest BCUT2D eigenvalue weighted by molar-refractivity contribution is 7.85. The van der Waals surface area contributed by atoms with Crippen LogP contribution in [0.1, 0.15) is 27.2 Å². The van der Waals surface area contributed by atoms with Crippen molar-refractivity contribution in [2.75, 3.05) is 11.5 Å². The lowest BCUT2D eigenvalue weighted by molar-refractivity contribution is -0.140. The molecule has 0 aromatic heterocycles. The smallest absolute Gasteiger partial charge is 0.307 e. The zero-order valence-corrected chi connectivity index (χ0v) is 9.26. The molecule has 0 aromatic carbocycles. The lowest BCUT2D eigenvalue weighted by atomic mass is 10.2. The molecule has 2 unspecified atom stereocenters. The van der Waals surface area contributed by atoms with Crippen molar-refractivity contribution in [3.8, 4) is 0 Å². The van der Waals surface area contributed by atoms with Crippen LogP contribution in [0.4, 0.5) is 0 Å². The highest BCUT2D eigenvalue weighted by atomic mass is 32.2. The van der Waals surface area contributed by atoms with Crippen molar-refractivity contribution >= 4 is 16.8 Å². The average molecular weight is 206 g/mol. The minimum atomic E-state index is -0.972. The van der Waals surface area contributed by atoms with Gasteiger partial charge in [-0.15, -0.1) is 0 Å². The molecule has 3 nitrogen and oxygen atoms in total. The molecule has 0 amide bonds. The molecule has 78 valence electrons. The van der Waals surface area contributed by atoms with Gasteiger partial charge in [0, 0.05) is 22.3 Å². The summed E-state index contributed by atoms with van der Waals surface area (Å²) in [6, 6.07) is 0. The molecule has 0 heterocycles. The number of aliphatic carboxylic acids is 1. The first-order valence-electron chi connectivity index (χ1n) is 4.51. The van der Waals surface area contributed by atoms with Crippen LogP contribution in [-0.2, 0) is 15.6 Å². The average Bonchev–Trinajstić information content (AvgIpc) is 2.00.